The Hall–Kier alpha value is -0.940. The predicted octanol–water partition coefficient (Wildman–Crippen LogP) is 1.48. The van der Waals surface area contributed by atoms with Gasteiger partial charge in [-0.05, 0) is 25.7 Å². The van der Waals surface area contributed by atoms with Crippen LogP contribution < -0.4 is 0 Å². The molecule has 5 heteroatoms. The molecule has 5 nitrogen and oxygen atoms in total. The van der Waals surface area contributed by atoms with Crippen molar-refractivity contribution >= 4 is 0 Å². The Kier molecular flexibility index (Phi) is 2.23. The minimum Gasteiger partial charge on any atom is -0.366 e. The van der Waals surface area contributed by atoms with Crippen LogP contribution in [0.2, 0.25) is 0 Å². The van der Waals surface area contributed by atoms with Gasteiger partial charge in [0.1, 0.15) is 6.10 Å². The van der Waals surface area contributed by atoms with Crippen LogP contribution >= 0.6 is 0 Å². The van der Waals surface area contributed by atoms with Crippen LogP contribution in [0.25, 0.3) is 0 Å². The molecule has 0 amide bonds. The lowest BCUT2D eigenvalue weighted by atomic mass is 10.2. The van der Waals surface area contributed by atoms with Gasteiger partial charge in [0.15, 0.2) is 5.82 Å². The molecular weight excluding hydrogens is 218 g/mol. The highest BCUT2D eigenvalue weighted by Crippen LogP contribution is 2.39. The van der Waals surface area contributed by atoms with Crippen molar-refractivity contribution in [1.29, 1.82) is 0 Å². The van der Waals surface area contributed by atoms with Gasteiger partial charge < -0.3 is 9.26 Å². The standard InChI is InChI=1S/C12H17N3O2/c1-2-8(1)11-13-12(17-14-11)10-7-15(5-6-16-10)9-3-4-9/h8-10H,1-7H2. The van der Waals surface area contributed by atoms with Crippen molar-refractivity contribution in [1.82, 2.24) is 15.0 Å². The fourth-order valence-corrected chi connectivity index (χ4v) is 2.48. The van der Waals surface area contributed by atoms with E-state index in [9.17, 15) is 0 Å². The molecule has 1 saturated heterocycles. The van der Waals surface area contributed by atoms with Crippen molar-refractivity contribution in [2.45, 2.75) is 43.7 Å². The van der Waals surface area contributed by atoms with E-state index < -0.39 is 0 Å². The topological polar surface area (TPSA) is 51.4 Å². The number of hydrogen-bond acceptors (Lipinski definition) is 5. The largest absolute Gasteiger partial charge is 0.366 e. The SMILES string of the molecule is C1CN(C2CC2)CC(c2nc(C3CC3)no2)O1. The van der Waals surface area contributed by atoms with E-state index in [1.165, 1.54) is 25.7 Å². The van der Waals surface area contributed by atoms with E-state index in [1.54, 1.807) is 0 Å². The molecule has 1 unspecified atom stereocenters. The van der Waals surface area contributed by atoms with Gasteiger partial charge in [0.05, 0.1) is 6.61 Å². The molecule has 0 N–H and O–H groups in total. The molecule has 0 radical (unpaired) electrons. The maximum atomic E-state index is 5.75. The van der Waals surface area contributed by atoms with Gasteiger partial charge in [-0.3, -0.25) is 4.90 Å². The van der Waals surface area contributed by atoms with Crippen molar-refractivity contribution in [3.8, 4) is 0 Å². The molecule has 4 rings (SSSR count). The van der Waals surface area contributed by atoms with Gasteiger partial charge in [0, 0.05) is 25.0 Å². The fourth-order valence-electron chi connectivity index (χ4n) is 2.48. The molecule has 92 valence electrons. The second-order valence-electron chi connectivity index (χ2n) is 5.35. The molecule has 3 fully saturated rings. The number of morpholine rings is 1. The van der Waals surface area contributed by atoms with E-state index in [0.717, 1.165) is 31.6 Å². The summed E-state index contributed by atoms with van der Waals surface area (Å²) in [5, 5.41) is 4.05. The molecular formula is C12H17N3O2. The summed E-state index contributed by atoms with van der Waals surface area (Å²) in [5.41, 5.74) is 0. The number of aromatic nitrogens is 2. The van der Waals surface area contributed by atoms with Crippen molar-refractivity contribution < 1.29 is 9.26 Å². The minimum absolute atomic E-state index is 0.00986. The Labute approximate surface area is 100 Å². The van der Waals surface area contributed by atoms with Crippen LogP contribution in [0.4, 0.5) is 0 Å². The maximum absolute atomic E-state index is 5.75. The Morgan fingerprint density at radius 3 is 2.82 bits per heavy atom. The van der Waals surface area contributed by atoms with Crippen molar-refractivity contribution in [2.75, 3.05) is 19.7 Å². The third-order valence-corrected chi connectivity index (χ3v) is 3.84. The molecule has 2 aliphatic carbocycles. The van der Waals surface area contributed by atoms with E-state index in [2.05, 4.69) is 15.0 Å². The van der Waals surface area contributed by atoms with Gasteiger partial charge in [-0.1, -0.05) is 5.16 Å². The quantitative estimate of drug-likeness (QED) is 0.794. The van der Waals surface area contributed by atoms with Crippen LogP contribution in [0.15, 0.2) is 4.52 Å². The second-order valence-corrected chi connectivity index (χ2v) is 5.35. The summed E-state index contributed by atoms with van der Waals surface area (Å²) in [7, 11) is 0. The molecule has 17 heavy (non-hydrogen) atoms. The van der Waals surface area contributed by atoms with E-state index in [-0.39, 0.29) is 6.10 Å². The summed E-state index contributed by atoms with van der Waals surface area (Å²) in [4.78, 5) is 6.98. The van der Waals surface area contributed by atoms with Crippen molar-refractivity contribution in [3.63, 3.8) is 0 Å². The van der Waals surface area contributed by atoms with E-state index in [4.69, 9.17) is 9.26 Å². The molecule has 0 spiro atoms. The predicted molar refractivity (Wildman–Crippen MR) is 59.6 cm³/mol. The average molecular weight is 235 g/mol. The maximum Gasteiger partial charge on any atom is 0.257 e. The molecule has 0 aromatic carbocycles. The summed E-state index contributed by atoms with van der Waals surface area (Å²) in [5.74, 6) is 2.11. The van der Waals surface area contributed by atoms with Gasteiger partial charge >= 0.3 is 0 Å². The van der Waals surface area contributed by atoms with E-state index in [1.807, 2.05) is 0 Å². The molecule has 3 aliphatic rings. The summed E-state index contributed by atoms with van der Waals surface area (Å²) < 4.78 is 11.1. The van der Waals surface area contributed by atoms with Crippen LogP contribution in [-0.4, -0.2) is 40.8 Å². The zero-order valence-electron chi connectivity index (χ0n) is 9.84. The summed E-state index contributed by atoms with van der Waals surface area (Å²) in [6, 6.07) is 0.784. The summed E-state index contributed by atoms with van der Waals surface area (Å²) in [6.45, 7) is 2.74. The van der Waals surface area contributed by atoms with Gasteiger partial charge in [0.25, 0.3) is 5.89 Å². The van der Waals surface area contributed by atoms with Crippen LogP contribution in [-0.2, 0) is 4.74 Å². The number of hydrogen-bond donors (Lipinski definition) is 0. The van der Waals surface area contributed by atoms with Crippen LogP contribution in [0, 0.1) is 0 Å². The smallest absolute Gasteiger partial charge is 0.257 e. The zero-order chi connectivity index (χ0) is 11.2. The number of nitrogens with zero attached hydrogens (tertiary/aromatic N) is 3. The number of ether oxygens (including phenoxy) is 1. The minimum atomic E-state index is -0.00986. The highest BCUT2D eigenvalue weighted by molar-refractivity contribution is 5.05. The monoisotopic (exact) mass is 235 g/mol. The highest BCUT2D eigenvalue weighted by Gasteiger charge is 2.36. The van der Waals surface area contributed by atoms with Crippen LogP contribution in [0.5, 0.6) is 0 Å². The first kappa shape index (κ1) is 10.0. The Morgan fingerprint density at radius 1 is 1.18 bits per heavy atom. The first-order valence-electron chi connectivity index (χ1n) is 6.59. The van der Waals surface area contributed by atoms with Crippen LogP contribution in [0.3, 0.4) is 0 Å². The van der Waals surface area contributed by atoms with Gasteiger partial charge in [-0.25, -0.2) is 0 Å². The fraction of sp³-hybridized carbons (Fsp3) is 0.833. The Bertz CT molecular complexity index is 412. The highest BCUT2D eigenvalue weighted by atomic mass is 16.5. The Morgan fingerprint density at radius 2 is 2.06 bits per heavy atom. The van der Waals surface area contributed by atoms with Gasteiger partial charge in [0.2, 0.25) is 0 Å². The normalized spacial score (nSPS) is 30.7. The van der Waals surface area contributed by atoms with Gasteiger partial charge in [-0.2, -0.15) is 4.98 Å². The van der Waals surface area contributed by atoms with E-state index in [0.29, 0.717) is 11.8 Å². The first-order chi connectivity index (χ1) is 8.40. The van der Waals surface area contributed by atoms with Crippen LogP contribution in [0.1, 0.15) is 49.4 Å². The summed E-state index contributed by atoms with van der Waals surface area (Å²) >= 11 is 0. The molecule has 2 saturated carbocycles. The lowest BCUT2D eigenvalue weighted by Crippen LogP contribution is -2.39. The second kappa shape index (κ2) is 3.78. The molecule has 1 aliphatic heterocycles. The zero-order valence-corrected chi connectivity index (χ0v) is 9.84. The van der Waals surface area contributed by atoms with Crippen molar-refractivity contribution in [2.24, 2.45) is 0 Å². The lowest BCUT2D eigenvalue weighted by Gasteiger charge is -2.30. The average Bonchev–Trinajstić information content (AvgIpc) is 3.28. The van der Waals surface area contributed by atoms with Crippen molar-refractivity contribution in [3.05, 3.63) is 11.7 Å². The third kappa shape index (κ3) is 1.98. The lowest BCUT2D eigenvalue weighted by molar-refractivity contribution is -0.0475. The molecule has 2 heterocycles. The Balaban J connectivity index is 1.48. The third-order valence-electron chi connectivity index (χ3n) is 3.84. The molecule has 1 aromatic rings. The first-order valence-corrected chi connectivity index (χ1v) is 6.59. The number of rotatable bonds is 3. The van der Waals surface area contributed by atoms with E-state index >= 15 is 0 Å². The summed E-state index contributed by atoms with van der Waals surface area (Å²) in [6.07, 6.45) is 5.08. The molecule has 1 aromatic heterocycles. The molecule has 0 bridgehead atoms. The molecule has 1 atom stereocenters. The van der Waals surface area contributed by atoms with Gasteiger partial charge in [-0.15, -0.1) is 0 Å².